The Balaban J connectivity index is 1.86. The summed E-state index contributed by atoms with van der Waals surface area (Å²) in [6.07, 6.45) is 0. The van der Waals surface area contributed by atoms with Crippen LogP contribution in [0.1, 0.15) is 16.1 Å². The van der Waals surface area contributed by atoms with E-state index in [1.54, 1.807) is 49.6 Å². The summed E-state index contributed by atoms with van der Waals surface area (Å²) >= 11 is 3.37. The number of furan rings is 1. The van der Waals surface area contributed by atoms with Crippen molar-refractivity contribution in [3.8, 4) is 17.1 Å². The number of benzene rings is 2. The number of aliphatic hydroxyl groups is 1. The summed E-state index contributed by atoms with van der Waals surface area (Å²) in [5.74, 6) is 1.40. The average Bonchev–Trinajstić information content (AvgIpc) is 3.11. The van der Waals surface area contributed by atoms with Gasteiger partial charge in [0.05, 0.1) is 18.2 Å². The molecular weight excluding hydrogens is 386 g/mol. The molecule has 0 fully saturated rings. The molecule has 0 atom stereocenters. The standard InChI is InChI=1S/C19H16BrNO4/c1-24-18-10-12(21-19(23)14-4-2-3-5-16(14)20)6-8-15(18)17-9-7-13(11-22)25-17/h2-10,22H,11H2,1H3,(H,21,23). The van der Waals surface area contributed by atoms with Crippen LogP contribution in [0.15, 0.2) is 63.5 Å². The maximum Gasteiger partial charge on any atom is 0.256 e. The van der Waals surface area contributed by atoms with Crippen molar-refractivity contribution < 1.29 is 19.1 Å². The predicted octanol–water partition coefficient (Wildman–Crippen LogP) is 4.46. The third-order valence-electron chi connectivity index (χ3n) is 3.66. The summed E-state index contributed by atoms with van der Waals surface area (Å²) in [6.45, 7) is -0.164. The molecule has 1 aromatic heterocycles. The quantitative estimate of drug-likeness (QED) is 0.661. The van der Waals surface area contributed by atoms with Gasteiger partial charge in [0, 0.05) is 16.2 Å². The fourth-order valence-corrected chi connectivity index (χ4v) is 2.89. The Labute approximate surface area is 153 Å². The van der Waals surface area contributed by atoms with Gasteiger partial charge in [-0.3, -0.25) is 4.79 Å². The van der Waals surface area contributed by atoms with Crippen LogP contribution in [0.4, 0.5) is 5.69 Å². The number of hydrogen-bond acceptors (Lipinski definition) is 4. The minimum Gasteiger partial charge on any atom is -0.496 e. The molecule has 2 aromatic carbocycles. The second kappa shape index (κ2) is 7.55. The van der Waals surface area contributed by atoms with Gasteiger partial charge in [0.25, 0.3) is 5.91 Å². The van der Waals surface area contributed by atoms with E-state index in [0.717, 1.165) is 10.0 Å². The highest BCUT2D eigenvalue weighted by atomic mass is 79.9. The van der Waals surface area contributed by atoms with E-state index in [-0.39, 0.29) is 12.5 Å². The number of aliphatic hydroxyl groups excluding tert-OH is 1. The zero-order valence-corrected chi connectivity index (χ0v) is 15.0. The molecule has 0 saturated heterocycles. The van der Waals surface area contributed by atoms with Crippen LogP contribution >= 0.6 is 15.9 Å². The summed E-state index contributed by atoms with van der Waals surface area (Å²) in [4.78, 5) is 12.4. The Hall–Kier alpha value is -2.57. The van der Waals surface area contributed by atoms with E-state index in [1.807, 2.05) is 12.1 Å². The molecule has 128 valence electrons. The Bertz CT molecular complexity index is 904. The molecule has 6 heteroatoms. The molecule has 3 rings (SSSR count). The first-order chi connectivity index (χ1) is 12.1. The van der Waals surface area contributed by atoms with Gasteiger partial charge in [0.1, 0.15) is 23.9 Å². The molecule has 3 aromatic rings. The van der Waals surface area contributed by atoms with Gasteiger partial charge >= 0.3 is 0 Å². The van der Waals surface area contributed by atoms with Crippen LogP contribution in [0.5, 0.6) is 5.75 Å². The summed E-state index contributed by atoms with van der Waals surface area (Å²) in [7, 11) is 1.55. The first kappa shape index (κ1) is 17.3. The molecule has 0 unspecified atom stereocenters. The molecule has 0 aliphatic rings. The third-order valence-corrected chi connectivity index (χ3v) is 4.35. The Morgan fingerprint density at radius 3 is 2.68 bits per heavy atom. The first-order valence-corrected chi connectivity index (χ1v) is 8.35. The second-order valence-electron chi connectivity index (χ2n) is 5.27. The number of amides is 1. The van der Waals surface area contributed by atoms with Gasteiger partial charge in [-0.15, -0.1) is 0 Å². The topological polar surface area (TPSA) is 71.7 Å². The summed E-state index contributed by atoms with van der Waals surface area (Å²) in [6, 6.07) is 16.0. The molecule has 0 radical (unpaired) electrons. The van der Waals surface area contributed by atoms with Crippen molar-refractivity contribution in [2.45, 2.75) is 6.61 Å². The fraction of sp³-hybridized carbons (Fsp3) is 0.105. The highest BCUT2D eigenvalue weighted by molar-refractivity contribution is 9.10. The molecule has 1 amide bonds. The van der Waals surface area contributed by atoms with Crippen LogP contribution in [-0.4, -0.2) is 18.1 Å². The highest BCUT2D eigenvalue weighted by Gasteiger charge is 2.14. The number of carbonyl (C=O) groups is 1. The van der Waals surface area contributed by atoms with Gasteiger partial charge in [-0.1, -0.05) is 12.1 Å². The predicted molar refractivity (Wildman–Crippen MR) is 98.7 cm³/mol. The van der Waals surface area contributed by atoms with Crippen molar-refractivity contribution in [1.29, 1.82) is 0 Å². The van der Waals surface area contributed by atoms with Crippen LogP contribution in [0, 0.1) is 0 Å². The normalized spacial score (nSPS) is 10.5. The number of rotatable bonds is 5. The molecule has 0 saturated carbocycles. The summed E-state index contributed by atoms with van der Waals surface area (Å²) in [5.41, 5.74) is 1.89. The van der Waals surface area contributed by atoms with Gasteiger partial charge in [-0.25, -0.2) is 0 Å². The number of halogens is 1. The van der Waals surface area contributed by atoms with E-state index in [4.69, 9.17) is 14.3 Å². The third kappa shape index (κ3) is 3.75. The smallest absolute Gasteiger partial charge is 0.256 e. The lowest BCUT2D eigenvalue weighted by atomic mass is 10.1. The second-order valence-corrected chi connectivity index (χ2v) is 6.13. The van der Waals surface area contributed by atoms with E-state index in [9.17, 15) is 4.79 Å². The maximum atomic E-state index is 12.4. The minimum atomic E-state index is -0.220. The molecule has 5 nitrogen and oxygen atoms in total. The van der Waals surface area contributed by atoms with Crippen LogP contribution < -0.4 is 10.1 Å². The summed E-state index contributed by atoms with van der Waals surface area (Å²) < 4.78 is 11.7. The van der Waals surface area contributed by atoms with Gasteiger partial charge in [-0.05, 0) is 52.3 Å². The number of methoxy groups -OCH3 is 1. The van der Waals surface area contributed by atoms with E-state index in [0.29, 0.717) is 28.5 Å². The van der Waals surface area contributed by atoms with Crippen molar-refractivity contribution in [1.82, 2.24) is 0 Å². The zero-order chi connectivity index (χ0) is 17.8. The van der Waals surface area contributed by atoms with Gasteiger partial charge in [0.15, 0.2) is 0 Å². The largest absolute Gasteiger partial charge is 0.496 e. The molecule has 0 spiro atoms. The highest BCUT2D eigenvalue weighted by Crippen LogP contribution is 2.34. The van der Waals surface area contributed by atoms with Crippen molar-refractivity contribution in [3.05, 3.63) is 70.4 Å². The summed E-state index contributed by atoms with van der Waals surface area (Å²) in [5, 5.41) is 12.0. The van der Waals surface area contributed by atoms with Gasteiger partial charge in [0.2, 0.25) is 0 Å². The number of nitrogens with one attached hydrogen (secondary N) is 1. The monoisotopic (exact) mass is 401 g/mol. The Morgan fingerprint density at radius 1 is 1.20 bits per heavy atom. The molecule has 0 bridgehead atoms. The van der Waals surface area contributed by atoms with Crippen LogP contribution in [-0.2, 0) is 6.61 Å². The minimum absolute atomic E-state index is 0.164. The van der Waals surface area contributed by atoms with Gasteiger partial charge < -0.3 is 19.6 Å². The van der Waals surface area contributed by atoms with Crippen molar-refractivity contribution in [3.63, 3.8) is 0 Å². The molecule has 1 heterocycles. The lowest BCUT2D eigenvalue weighted by Crippen LogP contribution is -2.12. The van der Waals surface area contributed by atoms with Crippen LogP contribution in [0.25, 0.3) is 11.3 Å². The van der Waals surface area contributed by atoms with Crippen molar-refractivity contribution in [2.75, 3.05) is 12.4 Å². The van der Waals surface area contributed by atoms with E-state index < -0.39 is 0 Å². The fourth-order valence-electron chi connectivity index (χ4n) is 2.42. The number of hydrogen-bond donors (Lipinski definition) is 2. The first-order valence-electron chi connectivity index (χ1n) is 7.56. The van der Waals surface area contributed by atoms with E-state index in [1.165, 1.54) is 0 Å². The van der Waals surface area contributed by atoms with Crippen LogP contribution in [0.2, 0.25) is 0 Å². The van der Waals surface area contributed by atoms with Crippen molar-refractivity contribution >= 4 is 27.5 Å². The van der Waals surface area contributed by atoms with Crippen molar-refractivity contribution in [2.24, 2.45) is 0 Å². The Kier molecular flexibility index (Phi) is 5.21. The van der Waals surface area contributed by atoms with Crippen LogP contribution in [0.3, 0.4) is 0 Å². The number of anilines is 1. The number of carbonyl (C=O) groups excluding carboxylic acids is 1. The zero-order valence-electron chi connectivity index (χ0n) is 13.5. The van der Waals surface area contributed by atoms with Gasteiger partial charge in [-0.2, -0.15) is 0 Å². The van der Waals surface area contributed by atoms with E-state index in [2.05, 4.69) is 21.2 Å². The maximum absolute atomic E-state index is 12.4. The molecule has 0 aliphatic carbocycles. The lowest BCUT2D eigenvalue weighted by molar-refractivity contribution is 0.102. The Morgan fingerprint density at radius 2 is 2.00 bits per heavy atom. The number of ether oxygens (including phenoxy) is 1. The molecule has 25 heavy (non-hydrogen) atoms. The average molecular weight is 402 g/mol. The molecule has 0 aliphatic heterocycles. The lowest BCUT2D eigenvalue weighted by Gasteiger charge is -2.11. The molecular formula is C19H16BrNO4. The van der Waals surface area contributed by atoms with E-state index >= 15 is 0 Å². The molecule has 2 N–H and O–H groups in total. The SMILES string of the molecule is COc1cc(NC(=O)c2ccccc2Br)ccc1-c1ccc(CO)o1.